The van der Waals surface area contributed by atoms with Gasteiger partial charge >= 0.3 is 5.97 Å². The quantitative estimate of drug-likeness (QED) is 0.310. The van der Waals surface area contributed by atoms with Crippen LogP contribution in [0.15, 0.2) is 47.6 Å². The van der Waals surface area contributed by atoms with E-state index in [0.29, 0.717) is 27.6 Å². The van der Waals surface area contributed by atoms with Gasteiger partial charge < -0.3 is 4.74 Å². The van der Waals surface area contributed by atoms with Crippen LogP contribution < -0.4 is 14.5 Å². The van der Waals surface area contributed by atoms with Crippen molar-refractivity contribution in [1.82, 2.24) is 5.43 Å². The van der Waals surface area contributed by atoms with Crippen molar-refractivity contribution in [2.75, 3.05) is 17.1 Å². The molecule has 0 atom stereocenters. The second-order valence-corrected chi connectivity index (χ2v) is 8.42. The summed E-state index contributed by atoms with van der Waals surface area (Å²) < 4.78 is 30.2. The van der Waals surface area contributed by atoms with E-state index in [1.54, 1.807) is 49.4 Å². The van der Waals surface area contributed by atoms with Crippen LogP contribution in [0.2, 0.25) is 5.02 Å². The third-order valence-corrected chi connectivity index (χ3v) is 5.28. The predicted molar refractivity (Wildman–Crippen MR) is 112 cm³/mol. The van der Waals surface area contributed by atoms with Gasteiger partial charge in [0.2, 0.25) is 10.0 Å². The Morgan fingerprint density at radius 3 is 2.45 bits per heavy atom. The van der Waals surface area contributed by atoms with E-state index in [0.717, 1.165) is 10.6 Å². The van der Waals surface area contributed by atoms with Gasteiger partial charge in [0.1, 0.15) is 12.3 Å². The number of nitrogens with one attached hydrogen (secondary N) is 1. The van der Waals surface area contributed by atoms with Crippen LogP contribution in [0.3, 0.4) is 0 Å². The van der Waals surface area contributed by atoms with Gasteiger partial charge in [0.25, 0.3) is 5.91 Å². The zero-order chi connectivity index (χ0) is 21.6. The number of hydrazone groups is 1. The van der Waals surface area contributed by atoms with Crippen LogP contribution in [0.5, 0.6) is 5.75 Å². The van der Waals surface area contributed by atoms with Crippen molar-refractivity contribution >= 4 is 45.4 Å². The molecule has 0 radical (unpaired) electrons. The first kappa shape index (κ1) is 22.4. The molecular weight excluding hydrogens is 418 g/mol. The molecule has 0 aliphatic carbocycles. The van der Waals surface area contributed by atoms with Crippen molar-refractivity contribution in [2.24, 2.45) is 5.10 Å². The molecule has 29 heavy (non-hydrogen) atoms. The topological polar surface area (TPSA) is 105 Å². The Labute approximate surface area is 174 Å². The van der Waals surface area contributed by atoms with E-state index in [1.165, 1.54) is 13.1 Å². The van der Waals surface area contributed by atoms with Gasteiger partial charge in [0.05, 0.1) is 18.2 Å². The lowest BCUT2D eigenvalue weighted by Gasteiger charge is -2.23. The molecule has 2 rings (SSSR count). The van der Waals surface area contributed by atoms with Crippen LogP contribution >= 0.6 is 11.6 Å². The number of carbonyl (C=O) groups excluding carboxylic acids is 2. The molecule has 0 saturated carbocycles. The number of amides is 1. The number of rotatable bonds is 7. The minimum Gasteiger partial charge on any atom is -0.427 e. The van der Waals surface area contributed by atoms with Gasteiger partial charge in [0.15, 0.2) is 0 Å². The minimum absolute atomic E-state index is 0.320. The summed E-state index contributed by atoms with van der Waals surface area (Å²) in [5.41, 5.74) is 3.80. The highest BCUT2D eigenvalue weighted by atomic mass is 35.5. The van der Waals surface area contributed by atoms with Crippen LogP contribution in [-0.4, -0.2) is 39.3 Å². The average molecular weight is 438 g/mol. The van der Waals surface area contributed by atoms with Crippen LogP contribution in [0.4, 0.5) is 5.69 Å². The van der Waals surface area contributed by atoms with E-state index in [-0.39, 0.29) is 0 Å². The number of ether oxygens (including phenoxy) is 1. The summed E-state index contributed by atoms with van der Waals surface area (Å²) in [6, 6.07) is 11.3. The van der Waals surface area contributed by atoms with E-state index in [4.69, 9.17) is 16.3 Å². The lowest BCUT2D eigenvalue weighted by atomic mass is 10.2. The standard InChI is InChI=1S/C19H20ClN3O5S/c1-13-17(20)5-4-6-18(13)23(29(3,26)27)12-19(25)22-21-11-15-7-9-16(10-8-15)28-14(2)24/h4-11H,12H2,1-3H3,(H,22,25)/b21-11-. The average Bonchev–Trinajstić information content (AvgIpc) is 2.62. The molecule has 1 amide bonds. The van der Waals surface area contributed by atoms with Crippen molar-refractivity contribution in [3.05, 3.63) is 58.6 Å². The highest BCUT2D eigenvalue weighted by molar-refractivity contribution is 7.92. The Morgan fingerprint density at radius 2 is 1.86 bits per heavy atom. The largest absolute Gasteiger partial charge is 0.427 e. The summed E-state index contributed by atoms with van der Waals surface area (Å²) >= 11 is 6.06. The maximum Gasteiger partial charge on any atom is 0.308 e. The fourth-order valence-corrected chi connectivity index (χ4v) is 3.46. The predicted octanol–water partition coefficient (Wildman–Crippen LogP) is 2.49. The molecule has 2 aromatic carbocycles. The first-order chi connectivity index (χ1) is 13.6. The van der Waals surface area contributed by atoms with Crippen LogP contribution in [-0.2, 0) is 19.6 Å². The molecule has 0 saturated heterocycles. The molecule has 0 aliphatic heterocycles. The molecule has 0 heterocycles. The second kappa shape index (κ2) is 9.53. The van der Waals surface area contributed by atoms with E-state index in [9.17, 15) is 18.0 Å². The third kappa shape index (κ3) is 6.58. The Bertz CT molecular complexity index is 1040. The summed E-state index contributed by atoms with van der Waals surface area (Å²) in [5.74, 6) is -0.661. The van der Waals surface area contributed by atoms with Crippen molar-refractivity contribution < 1.29 is 22.7 Å². The molecule has 154 valence electrons. The number of benzene rings is 2. The number of halogens is 1. The molecule has 0 unspecified atom stereocenters. The van der Waals surface area contributed by atoms with Gasteiger partial charge in [-0.15, -0.1) is 0 Å². The van der Waals surface area contributed by atoms with Crippen LogP contribution in [0.25, 0.3) is 0 Å². The van der Waals surface area contributed by atoms with Gasteiger partial charge in [-0.1, -0.05) is 17.7 Å². The van der Waals surface area contributed by atoms with Gasteiger partial charge in [-0.05, 0) is 54.4 Å². The maximum absolute atomic E-state index is 12.2. The van der Waals surface area contributed by atoms with Crippen molar-refractivity contribution in [3.8, 4) is 5.75 Å². The first-order valence-corrected chi connectivity index (χ1v) is 10.6. The molecule has 0 bridgehead atoms. The van der Waals surface area contributed by atoms with Gasteiger partial charge in [-0.2, -0.15) is 5.10 Å². The molecule has 0 fully saturated rings. The lowest BCUT2D eigenvalue weighted by Crippen LogP contribution is -2.39. The van der Waals surface area contributed by atoms with Gasteiger partial charge in [-0.3, -0.25) is 13.9 Å². The zero-order valence-electron chi connectivity index (χ0n) is 16.0. The maximum atomic E-state index is 12.2. The normalized spacial score (nSPS) is 11.3. The smallest absolute Gasteiger partial charge is 0.308 e. The molecule has 2 aromatic rings. The van der Waals surface area contributed by atoms with E-state index in [2.05, 4.69) is 10.5 Å². The summed E-state index contributed by atoms with van der Waals surface area (Å²) in [6.07, 6.45) is 2.39. The SMILES string of the molecule is CC(=O)Oc1ccc(/C=N\NC(=O)CN(c2cccc(Cl)c2C)S(C)(=O)=O)cc1. The monoisotopic (exact) mass is 437 g/mol. The number of anilines is 1. The minimum atomic E-state index is -3.72. The summed E-state index contributed by atoms with van der Waals surface area (Å²) in [7, 11) is -3.72. The van der Waals surface area contributed by atoms with E-state index < -0.39 is 28.4 Å². The van der Waals surface area contributed by atoms with Crippen molar-refractivity contribution in [3.63, 3.8) is 0 Å². The Morgan fingerprint density at radius 1 is 1.21 bits per heavy atom. The summed E-state index contributed by atoms with van der Waals surface area (Å²) in [6.45, 7) is 2.52. The number of hydrogen-bond donors (Lipinski definition) is 1. The molecule has 0 aromatic heterocycles. The lowest BCUT2D eigenvalue weighted by molar-refractivity contribution is -0.131. The van der Waals surface area contributed by atoms with Crippen LogP contribution in [0.1, 0.15) is 18.1 Å². The summed E-state index contributed by atoms with van der Waals surface area (Å²) in [5, 5.41) is 4.22. The van der Waals surface area contributed by atoms with Crippen molar-refractivity contribution in [2.45, 2.75) is 13.8 Å². The third-order valence-electron chi connectivity index (χ3n) is 3.74. The molecule has 10 heteroatoms. The number of carbonyl (C=O) groups is 2. The molecule has 8 nitrogen and oxygen atoms in total. The van der Waals surface area contributed by atoms with Crippen LogP contribution in [0, 0.1) is 6.92 Å². The number of esters is 1. The highest BCUT2D eigenvalue weighted by Crippen LogP contribution is 2.27. The number of nitrogens with zero attached hydrogens (tertiary/aromatic N) is 2. The second-order valence-electron chi connectivity index (χ2n) is 6.11. The van der Waals surface area contributed by atoms with E-state index >= 15 is 0 Å². The molecular formula is C19H20ClN3O5S. The number of hydrogen-bond acceptors (Lipinski definition) is 6. The summed E-state index contributed by atoms with van der Waals surface area (Å²) in [4.78, 5) is 23.1. The van der Waals surface area contributed by atoms with Gasteiger partial charge in [0, 0.05) is 11.9 Å². The van der Waals surface area contributed by atoms with Crippen molar-refractivity contribution in [1.29, 1.82) is 0 Å². The molecule has 0 spiro atoms. The van der Waals surface area contributed by atoms with E-state index in [1.807, 2.05) is 0 Å². The molecule has 0 aliphatic rings. The fraction of sp³-hybridized carbons (Fsp3) is 0.211. The fourth-order valence-electron chi connectivity index (χ4n) is 2.38. The highest BCUT2D eigenvalue weighted by Gasteiger charge is 2.22. The molecule has 1 N–H and O–H groups in total. The Kier molecular flexibility index (Phi) is 7.35. The number of sulfonamides is 1. The Hall–Kier alpha value is -2.91. The Balaban J connectivity index is 2.06. The zero-order valence-corrected chi connectivity index (χ0v) is 17.6. The first-order valence-electron chi connectivity index (χ1n) is 8.41. The van der Waals surface area contributed by atoms with Gasteiger partial charge in [-0.25, -0.2) is 13.8 Å².